The molecule has 6 nitrogen and oxygen atoms in total. The van der Waals surface area contributed by atoms with E-state index in [-0.39, 0.29) is 24.6 Å². The van der Waals surface area contributed by atoms with Crippen molar-refractivity contribution in [1.29, 1.82) is 0 Å². The van der Waals surface area contributed by atoms with E-state index in [0.717, 1.165) is 9.87 Å². The predicted molar refractivity (Wildman–Crippen MR) is 127 cm³/mol. The summed E-state index contributed by atoms with van der Waals surface area (Å²) in [6, 6.07) is 20.5. The average molecular weight is 473 g/mol. The molecule has 168 valence electrons. The van der Waals surface area contributed by atoms with E-state index in [1.807, 2.05) is 31.2 Å². The van der Waals surface area contributed by atoms with Crippen molar-refractivity contribution in [1.82, 2.24) is 5.32 Å². The van der Waals surface area contributed by atoms with E-state index in [9.17, 15) is 13.2 Å². The van der Waals surface area contributed by atoms with Crippen molar-refractivity contribution in [2.45, 2.75) is 18.7 Å². The van der Waals surface area contributed by atoms with Gasteiger partial charge < -0.3 is 10.1 Å². The lowest BCUT2D eigenvalue weighted by Crippen LogP contribution is -2.42. The Bertz CT molecular complexity index is 1180. The molecule has 0 fully saturated rings. The lowest BCUT2D eigenvalue weighted by Gasteiger charge is -2.25. The van der Waals surface area contributed by atoms with Crippen molar-refractivity contribution in [3.8, 4) is 5.75 Å². The van der Waals surface area contributed by atoms with Gasteiger partial charge in [-0.3, -0.25) is 9.10 Å². The van der Waals surface area contributed by atoms with Crippen LogP contribution in [0.3, 0.4) is 0 Å². The summed E-state index contributed by atoms with van der Waals surface area (Å²) in [6.07, 6.45) is 0. The number of rotatable bonds is 9. The molecule has 8 heteroatoms. The molecule has 0 unspecified atom stereocenters. The van der Waals surface area contributed by atoms with Crippen molar-refractivity contribution in [3.05, 3.63) is 88.9 Å². The molecule has 0 spiro atoms. The lowest BCUT2D eigenvalue weighted by atomic mass is 10.2. The van der Waals surface area contributed by atoms with Gasteiger partial charge in [-0.2, -0.15) is 0 Å². The van der Waals surface area contributed by atoms with Crippen molar-refractivity contribution in [3.63, 3.8) is 0 Å². The third kappa shape index (κ3) is 6.02. The fourth-order valence-electron chi connectivity index (χ4n) is 3.17. The maximum absolute atomic E-state index is 13.3. The van der Waals surface area contributed by atoms with Crippen LogP contribution in [-0.4, -0.2) is 34.0 Å². The molecule has 0 aliphatic heterocycles. The standard InChI is InChI=1S/C24H25ClN2O4S/c1-18-7-6-8-21(15-18)31-14-13-26-24(28)17-27(23-12-11-20(25)16-19(23)2)32(29,30)22-9-4-3-5-10-22/h3-12,15-16H,13-14,17H2,1-2H3,(H,26,28). The van der Waals surface area contributed by atoms with Crippen LogP contribution in [0.2, 0.25) is 5.02 Å². The van der Waals surface area contributed by atoms with Crippen LogP contribution in [0.4, 0.5) is 5.69 Å². The molecule has 1 amide bonds. The largest absolute Gasteiger partial charge is 0.492 e. The number of hydrogen-bond acceptors (Lipinski definition) is 4. The average Bonchev–Trinajstić information content (AvgIpc) is 2.76. The number of sulfonamides is 1. The van der Waals surface area contributed by atoms with Crippen molar-refractivity contribution >= 4 is 33.2 Å². The molecule has 3 aromatic rings. The van der Waals surface area contributed by atoms with Gasteiger partial charge in [0.15, 0.2) is 0 Å². The van der Waals surface area contributed by atoms with Gasteiger partial charge in [-0.1, -0.05) is 41.9 Å². The van der Waals surface area contributed by atoms with Gasteiger partial charge in [0.25, 0.3) is 10.0 Å². The van der Waals surface area contributed by atoms with E-state index in [2.05, 4.69) is 5.32 Å². The van der Waals surface area contributed by atoms with E-state index in [0.29, 0.717) is 22.0 Å². The molecule has 3 aromatic carbocycles. The van der Waals surface area contributed by atoms with Crippen LogP contribution >= 0.6 is 11.6 Å². The number of nitrogens with zero attached hydrogens (tertiary/aromatic N) is 1. The zero-order valence-electron chi connectivity index (χ0n) is 17.9. The third-order valence-electron chi connectivity index (χ3n) is 4.73. The van der Waals surface area contributed by atoms with Gasteiger partial charge >= 0.3 is 0 Å². The minimum atomic E-state index is -3.96. The second-order valence-corrected chi connectivity index (χ2v) is 9.57. The number of anilines is 1. The number of amides is 1. The molecule has 0 aromatic heterocycles. The number of benzene rings is 3. The van der Waals surface area contributed by atoms with Crippen LogP contribution in [-0.2, 0) is 14.8 Å². The van der Waals surface area contributed by atoms with Gasteiger partial charge in [0, 0.05) is 5.02 Å². The molecule has 0 atom stereocenters. The van der Waals surface area contributed by atoms with E-state index >= 15 is 0 Å². The van der Waals surface area contributed by atoms with Gasteiger partial charge in [0.1, 0.15) is 18.9 Å². The molecule has 3 rings (SSSR count). The Morgan fingerprint density at radius 3 is 2.44 bits per heavy atom. The molecule has 0 saturated carbocycles. The van der Waals surface area contributed by atoms with E-state index < -0.39 is 15.9 Å². The topological polar surface area (TPSA) is 75.7 Å². The quantitative estimate of drug-likeness (QED) is 0.470. The number of nitrogens with one attached hydrogen (secondary N) is 1. The van der Waals surface area contributed by atoms with Gasteiger partial charge in [0.05, 0.1) is 17.1 Å². The summed E-state index contributed by atoms with van der Waals surface area (Å²) in [7, 11) is -3.96. The molecular formula is C24H25ClN2O4S. The highest BCUT2D eigenvalue weighted by Crippen LogP contribution is 2.28. The van der Waals surface area contributed by atoms with Gasteiger partial charge in [-0.05, 0) is 67.4 Å². The van der Waals surface area contributed by atoms with Crippen LogP contribution in [0.25, 0.3) is 0 Å². The summed E-state index contributed by atoms with van der Waals surface area (Å²) in [4.78, 5) is 12.8. The fraction of sp³-hybridized carbons (Fsp3) is 0.208. The summed E-state index contributed by atoms with van der Waals surface area (Å²) < 4.78 is 33.4. The first kappa shape index (κ1) is 23.6. The van der Waals surface area contributed by atoms with Crippen LogP contribution in [0.15, 0.2) is 77.7 Å². The van der Waals surface area contributed by atoms with Crippen LogP contribution in [0.5, 0.6) is 5.75 Å². The summed E-state index contributed by atoms with van der Waals surface area (Å²) in [5, 5.41) is 3.21. The molecular weight excluding hydrogens is 448 g/mol. The summed E-state index contributed by atoms with van der Waals surface area (Å²) in [5.74, 6) is 0.274. The van der Waals surface area contributed by atoms with Crippen LogP contribution < -0.4 is 14.4 Å². The Morgan fingerprint density at radius 1 is 1.00 bits per heavy atom. The molecule has 0 saturated heterocycles. The normalized spacial score (nSPS) is 11.1. The van der Waals surface area contributed by atoms with E-state index in [4.69, 9.17) is 16.3 Å². The van der Waals surface area contributed by atoms with E-state index in [1.54, 1.807) is 43.3 Å². The predicted octanol–water partition coefficient (Wildman–Crippen LogP) is 4.35. The molecule has 32 heavy (non-hydrogen) atoms. The minimum Gasteiger partial charge on any atom is -0.492 e. The van der Waals surface area contributed by atoms with Crippen LogP contribution in [0, 0.1) is 13.8 Å². The molecule has 0 radical (unpaired) electrons. The second kappa shape index (κ2) is 10.5. The first-order valence-corrected chi connectivity index (χ1v) is 11.9. The maximum atomic E-state index is 13.3. The van der Waals surface area contributed by atoms with Crippen molar-refractivity contribution in [2.75, 3.05) is 24.0 Å². The summed E-state index contributed by atoms with van der Waals surface area (Å²) >= 11 is 6.04. The molecule has 0 aliphatic carbocycles. The SMILES string of the molecule is Cc1cccc(OCCNC(=O)CN(c2ccc(Cl)cc2C)S(=O)(=O)c2ccccc2)c1. The number of aryl methyl sites for hydroxylation is 2. The number of carbonyl (C=O) groups is 1. The molecule has 0 heterocycles. The molecule has 0 bridgehead atoms. The maximum Gasteiger partial charge on any atom is 0.264 e. The highest BCUT2D eigenvalue weighted by atomic mass is 35.5. The Hall–Kier alpha value is -3.03. The Morgan fingerprint density at radius 2 is 1.75 bits per heavy atom. The lowest BCUT2D eigenvalue weighted by molar-refractivity contribution is -0.119. The summed E-state index contributed by atoms with van der Waals surface area (Å²) in [6.45, 7) is 3.85. The second-order valence-electron chi connectivity index (χ2n) is 7.27. The number of hydrogen-bond donors (Lipinski definition) is 1. The number of halogens is 1. The zero-order valence-corrected chi connectivity index (χ0v) is 19.5. The monoisotopic (exact) mass is 472 g/mol. The van der Waals surface area contributed by atoms with Gasteiger partial charge in [-0.15, -0.1) is 0 Å². The first-order chi connectivity index (χ1) is 15.3. The summed E-state index contributed by atoms with van der Waals surface area (Å²) in [5.41, 5.74) is 2.11. The van der Waals surface area contributed by atoms with Crippen molar-refractivity contribution in [2.24, 2.45) is 0 Å². The number of carbonyl (C=O) groups excluding carboxylic acids is 1. The van der Waals surface area contributed by atoms with Crippen molar-refractivity contribution < 1.29 is 17.9 Å². The van der Waals surface area contributed by atoms with Crippen LogP contribution in [0.1, 0.15) is 11.1 Å². The smallest absolute Gasteiger partial charge is 0.264 e. The molecule has 1 N–H and O–H groups in total. The zero-order chi connectivity index (χ0) is 23.1. The highest BCUT2D eigenvalue weighted by Gasteiger charge is 2.28. The Kier molecular flexibility index (Phi) is 7.77. The molecule has 0 aliphatic rings. The van der Waals surface area contributed by atoms with E-state index in [1.165, 1.54) is 12.1 Å². The van der Waals surface area contributed by atoms with Gasteiger partial charge in [-0.25, -0.2) is 8.42 Å². The third-order valence-corrected chi connectivity index (χ3v) is 6.74. The Labute approximate surface area is 193 Å². The van der Waals surface area contributed by atoms with Gasteiger partial charge in [0.2, 0.25) is 5.91 Å². The Balaban J connectivity index is 1.73. The number of ether oxygens (including phenoxy) is 1. The fourth-order valence-corrected chi connectivity index (χ4v) is 4.90. The minimum absolute atomic E-state index is 0.102. The first-order valence-electron chi connectivity index (χ1n) is 10.1. The highest BCUT2D eigenvalue weighted by molar-refractivity contribution is 7.92.